The molecule has 1 aromatic heterocycles. The number of hydrogen-bond acceptors (Lipinski definition) is 3. The number of aryl methyl sites for hydroxylation is 1. The maximum atomic E-state index is 11.8. The van der Waals surface area contributed by atoms with Crippen LogP contribution in [0.15, 0.2) is 42.5 Å². The van der Waals surface area contributed by atoms with Gasteiger partial charge < -0.3 is 14.6 Å². The molecule has 35 heavy (non-hydrogen) atoms. The zero-order valence-electron chi connectivity index (χ0n) is 20.3. The summed E-state index contributed by atoms with van der Waals surface area (Å²) in [6, 6.07) is 14.1. The van der Waals surface area contributed by atoms with Crippen molar-refractivity contribution in [2.24, 2.45) is 5.92 Å². The highest BCUT2D eigenvalue weighted by Gasteiger charge is 2.22. The number of carbonyl (C=O) groups is 1. The van der Waals surface area contributed by atoms with Crippen molar-refractivity contribution in [3.63, 3.8) is 0 Å². The number of aromatic nitrogens is 2. The number of nitrogens with zero attached hydrogens (tertiary/aromatic N) is 4. The molecule has 6 nitrogen and oxygen atoms in total. The van der Waals surface area contributed by atoms with Crippen LogP contribution in [0.25, 0.3) is 16.0 Å². The summed E-state index contributed by atoms with van der Waals surface area (Å²) < 4.78 is 1.71. The first kappa shape index (κ1) is 24.8. The molecule has 0 aliphatic carbocycles. The summed E-state index contributed by atoms with van der Waals surface area (Å²) in [5, 5.41) is 9.72. The lowest BCUT2D eigenvalue weighted by atomic mass is 9.97. The lowest BCUT2D eigenvalue weighted by molar-refractivity contribution is 0.0685. The van der Waals surface area contributed by atoms with E-state index in [-0.39, 0.29) is 10.8 Å². The quantitative estimate of drug-likeness (QED) is 0.343. The molecular formula is C28H31ClN4O2. The van der Waals surface area contributed by atoms with E-state index < -0.39 is 5.97 Å². The van der Waals surface area contributed by atoms with Crippen LogP contribution in [0, 0.1) is 12.5 Å². The standard InChI is InChI=1S/C28H31ClN4O2/c1-4-5-8-25-31-27(29)26(28(34)35)33(25)18-20-9-11-21(12-10-20)23-16-22(13-14-24(23)30-3)32-15-6-7-19(2)17-32/h9-14,16,19H,4-8,15,17-18H2,1-2H3,(H,34,35)/t19-/m0/s1. The van der Waals surface area contributed by atoms with E-state index in [9.17, 15) is 9.90 Å². The zero-order chi connectivity index (χ0) is 24.9. The number of aromatic carboxylic acids is 1. The Hall–Kier alpha value is -3.30. The summed E-state index contributed by atoms with van der Waals surface area (Å²) in [5.74, 6) is 0.283. The van der Waals surface area contributed by atoms with Crippen molar-refractivity contribution in [3.8, 4) is 11.1 Å². The first-order valence-electron chi connectivity index (χ1n) is 12.2. The number of anilines is 1. The number of rotatable bonds is 8. The molecule has 1 N–H and O–H groups in total. The lowest BCUT2D eigenvalue weighted by Gasteiger charge is -2.33. The molecule has 1 aliphatic heterocycles. The summed E-state index contributed by atoms with van der Waals surface area (Å²) in [5.41, 5.74) is 4.66. The van der Waals surface area contributed by atoms with E-state index in [1.54, 1.807) is 4.57 Å². The van der Waals surface area contributed by atoms with Crippen molar-refractivity contribution in [2.45, 2.75) is 52.5 Å². The summed E-state index contributed by atoms with van der Waals surface area (Å²) in [7, 11) is 0. The number of piperidine rings is 1. The molecule has 1 saturated heterocycles. The smallest absolute Gasteiger partial charge is 0.355 e. The van der Waals surface area contributed by atoms with Gasteiger partial charge in [0.25, 0.3) is 0 Å². The number of unbranched alkanes of at least 4 members (excludes halogenated alkanes) is 1. The van der Waals surface area contributed by atoms with Crippen LogP contribution >= 0.6 is 11.6 Å². The van der Waals surface area contributed by atoms with E-state index in [1.165, 1.54) is 12.8 Å². The molecule has 4 rings (SSSR count). The molecule has 2 aromatic carbocycles. The number of benzene rings is 2. The van der Waals surface area contributed by atoms with Crippen molar-refractivity contribution in [1.29, 1.82) is 0 Å². The van der Waals surface area contributed by atoms with Gasteiger partial charge in [0.2, 0.25) is 0 Å². The third-order valence-electron chi connectivity index (χ3n) is 6.69. The van der Waals surface area contributed by atoms with Crippen molar-refractivity contribution in [2.75, 3.05) is 18.0 Å². The van der Waals surface area contributed by atoms with Crippen molar-refractivity contribution in [3.05, 3.63) is 76.1 Å². The lowest BCUT2D eigenvalue weighted by Crippen LogP contribution is -2.34. The predicted octanol–water partition coefficient (Wildman–Crippen LogP) is 7.08. The van der Waals surface area contributed by atoms with Crippen molar-refractivity contribution < 1.29 is 9.90 Å². The van der Waals surface area contributed by atoms with Crippen LogP contribution in [0.3, 0.4) is 0 Å². The van der Waals surface area contributed by atoms with Crippen LogP contribution in [0.1, 0.15) is 61.4 Å². The zero-order valence-corrected chi connectivity index (χ0v) is 21.1. The van der Waals surface area contributed by atoms with Crippen LogP contribution in [0.5, 0.6) is 0 Å². The average Bonchev–Trinajstić information content (AvgIpc) is 3.17. The van der Waals surface area contributed by atoms with Crippen LogP contribution in [0.4, 0.5) is 11.4 Å². The van der Waals surface area contributed by atoms with Gasteiger partial charge in [-0.1, -0.05) is 62.2 Å². The number of carboxylic acids is 1. The Kier molecular flexibility index (Phi) is 7.77. The van der Waals surface area contributed by atoms with E-state index in [4.69, 9.17) is 18.2 Å². The van der Waals surface area contributed by atoms with Gasteiger partial charge in [0, 0.05) is 31.7 Å². The molecule has 1 fully saturated rings. The minimum atomic E-state index is -1.08. The normalized spacial score (nSPS) is 15.7. The van der Waals surface area contributed by atoms with Gasteiger partial charge in [-0.2, -0.15) is 0 Å². The van der Waals surface area contributed by atoms with Gasteiger partial charge in [0.05, 0.1) is 6.57 Å². The summed E-state index contributed by atoms with van der Waals surface area (Å²) >= 11 is 6.17. The second-order valence-corrected chi connectivity index (χ2v) is 9.72. The fourth-order valence-electron chi connectivity index (χ4n) is 4.81. The molecule has 0 amide bonds. The number of carboxylic acid groups (broad SMARTS) is 1. The molecule has 2 heterocycles. The predicted molar refractivity (Wildman–Crippen MR) is 141 cm³/mol. The molecular weight excluding hydrogens is 460 g/mol. The van der Waals surface area contributed by atoms with Gasteiger partial charge in [-0.05, 0) is 54.0 Å². The Morgan fingerprint density at radius 3 is 2.69 bits per heavy atom. The molecule has 182 valence electrons. The highest BCUT2D eigenvalue weighted by molar-refractivity contribution is 6.32. The molecule has 7 heteroatoms. The first-order chi connectivity index (χ1) is 16.9. The van der Waals surface area contributed by atoms with E-state index in [0.717, 1.165) is 48.3 Å². The third-order valence-corrected chi connectivity index (χ3v) is 6.95. The second kappa shape index (κ2) is 11.0. The van der Waals surface area contributed by atoms with E-state index in [0.29, 0.717) is 30.4 Å². The molecule has 0 spiro atoms. The molecule has 1 atom stereocenters. The largest absolute Gasteiger partial charge is 0.476 e. The minimum Gasteiger partial charge on any atom is -0.476 e. The van der Waals surface area contributed by atoms with E-state index >= 15 is 0 Å². The second-order valence-electron chi connectivity index (χ2n) is 9.37. The van der Waals surface area contributed by atoms with Gasteiger partial charge in [-0.25, -0.2) is 14.6 Å². The Labute approximate surface area is 212 Å². The fourth-order valence-corrected chi connectivity index (χ4v) is 5.09. The maximum absolute atomic E-state index is 11.8. The maximum Gasteiger partial charge on any atom is 0.355 e. The third kappa shape index (κ3) is 5.52. The highest BCUT2D eigenvalue weighted by atomic mass is 35.5. The van der Waals surface area contributed by atoms with E-state index in [1.807, 2.05) is 30.3 Å². The van der Waals surface area contributed by atoms with Crippen LogP contribution in [-0.4, -0.2) is 33.7 Å². The average molecular weight is 491 g/mol. The van der Waals surface area contributed by atoms with E-state index in [2.05, 4.69) is 40.7 Å². The SMILES string of the molecule is [C-]#[N+]c1ccc(N2CCC[C@H](C)C2)cc1-c1ccc(Cn2c(CCCC)nc(Cl)c2C(=O)O)cc1. The van der Waals surface area contributed by atoms with Gasteiger partial charge >= 0.3 is 5.97 Å². The monoisotopic (exact) mass is 490 g/mol. The minimum absolute atomic E-state index is 0.0283. The molecule has 0 radical (unpaired) electrons. The van der Waals surface area contributed by atoms with Gasteiger partial charge in [0.1, 0.15) is 5.82 Å². The van der Waals surface area contributed by atoms with Gasteiger partial charge in [-0.15, -0.1) is 0 Å². The topological polar surface area (TPSA) is 62.7 Å². The molecule has 0 bridgehead atoms. The summed E-state index contributed by atoms with van der Waals surface area (Å²) in [6.45, 7) is 14.5. The molecule has 1 aliphatic rings. The molecule has 3 aromatic rings. The number of imidazole rings is 1. The fraction of sp³-hybridized carbons (Fsp3) is 0.393. The van der Waals surface area contributed by atoms with Crippen LogP contribution < -0.4 is 4.90 Å². The Morgan fingerprint density at radius 2 is 2.03 bits per heavy atom. The highest BCUT2D eigenvalue weighted by Crippen LogP contribution is 2.35. The Balaban J connectivity index is 1.62. The van der Waals surface area contributed by atoms with Crippen LogP contribution in [-0.2, 0) is 13.0 Å². The number of hydrogen-bond donors (Lipinski definition) is 1. The Bertz CT molecular complexity index is 1240. The van der Waals surface area contributed by atoms with Gasteiger partial charge in [-0.3, -0.25) is 0 Å². The van der Waals surface area contributed by atoms with Crippen molar-refractivity contribution in [1.82, 2.24) is 9.55 Å². The first-order valence-corrected chi connectivity index (χ1v) is 12.6. The summed E-state index contributed by atoms with van der Waals surface area (Å²) in [4.78, 5) is 22.3. The van der Waals surface area contributed by atoms with Gasteiger partial charge in [0.15, 0.2) is 16.5 Å². The molecule has 0 saturated carbocycles. The molecule has 0 unspecified atom stereocenters. The Morgan fingerprint density at radius 1 is 1.26 bits per heavy atom. The number of halogens is 1. The van der Waals surface area contributed by atoms with Crippen molar-refractivity contribution >= 4 is 28.9 Å². The summed E-state index contributed by atoms with van der Waals surface area (Å²) in [6.07, 6.45) is 5.03. The van der Waals surface area contributed by atoms with Crippen LogP contribution in [0.2, 0.25) is 5.15 Å².